The topological polar surface area (TPSA) is 70.0 Å². The van der Waals surface area contributed by atoms with Crippen molar-refractivity contribution in [1.82, 2.24) is 28.7 Å². The van der Waals surface area contributed by atoms with Crippen LogP contribution < -0.4 is 5.56 Å². The summed E-state index contributed by atoms with van der Waals surface area (Å²) < 4.78 is 44.8. The zero-order valence-electron chi connectivity index (χ0n) is 17.8. The van der Waals surface area contributed by atoms with Gasteiger partial charge in [0.05, 0.1) is 33.3 Å². The Kier molecular flexibility index (Phi) is 5.15. The lowest BCUT2D eigenvalue weighted by atomic mass is 10.2. The lowest BCUT2D eigenvalue weighted by Gasteiger charge is -2.10. The van der Waals surface area contributed by atoms with Crippen molar-refractivity contribution in [2.75, 3.05) is 0 Å². The highest BCUT2D eigenvalue weighted by Crippen LogP contribution is 2.33. The summed E-state index contributed by atoms with van der Waals surface area (Å²) in [5.74, 6) is 1.42. The van der Waals surface area contributed by atoms with E-state index >= 15 is 0 Å². The first-order chi connectivity index (χ1) is 15.8. The molecule has 0 saturated heterocycles. The smallest absolute Gasteiger partial charge is 0.319 e. The zero-order chi connectivity index (χ0) is 23.3. The van der Waals surface area contributed by atoms with E-state index in [4.69, 9.17) is 0 Å². The van der Waals surface area contributed by atoms with E-state index in [0.717, 1.165) is 18.6 Å². The van der Waals surface area contributed by atoms with Crippen LogP contribution in [0.15, 0.2) is 52.4 Å². The van der Waals surface area contributed by atoms with Crippen LogP contribution in [0.2, 0.25) is 0 Å². The van der Waals surface area contributed by atoms with Crippen LogP contribution in [0.1, 0.15) is 24.7 Å². The summed E-state index contributed by atoms with van der Waals surface area (Å²) in [6, 6.07) is 10.9. The molecule has 0 aliphatic heterocycles. The van der Waals surface area contributed by atoms with Crippen molar-refractivity contribution in [3.63, 3.8) is 0 Å². The van der Waals surface area contributed by atoms with E-state index in [1.54, 1.807) is 19.2 Å². The molecule has 0 saturated carbocycles. The van der Waals surface area contributed by atoms with E-state index in [2.05, 4.69) is 15.2 Å². The molecule has 0 spiro atoms. The van der Waals surface area contributed by atoms with E-state index in [1.165, 1.54) is 22.4 Å². The summed E-state index contributed by atoms with van der Waals surface area (Å²) >= 11 is 1.38. The van der Waals surface area contributed by atoms with Crippen molar-refractivity contribution in [3.8, 4) is 0 Å². The monoisotopic (exact) mass is 472 g/mol. The Morgan fingerprint density at radius 2 is 1.85 bits per heavy atom. The quantitative estimate of drug-likeness (QED) is 0.348. The molecular weight excluding hydrogens is 453 g/mol. The summed E-state index contributed by atoms with van der Waals surface area (Å²) in [4.78, 5) is 17.2. The third kappa shape index (κ3) is 3.56. The van der Waals surface area contributed by atoms with Gasteiger partial charge in [-0.25, -0.2) is 4.98 Å². The van der Waals surface area contributed by atoms with Crippen LogP contribution in [-0.4, -0.2) is 28.7 Å². The maximum absolute atomic E-state index is 13.2. The van der Waals surface area contributed by atoms with E-state index < -0.39 is 11.7 Å². The highest BCUT2D eigenvalue weighted by Gasteiger charge is 2.31. The van der Waals surface area contributed by atoms with Gasteiger partial charge in [0, 0.05) is 13.6 Å². The standard InChI is InChI=1S/C22H19F3N6OS/c1-3-10-30-17-11-13(22(23,24)25)8-9-15(17)26-21(30)33-12-18-27-28-20-29(2)19(32)14-6-4-5-7-16(14)31(18)20/h4-9,11H,3,10,12H2,1-2H3. The molecule has 0 radical (unpaired) electrons. The van der Waals surface area contributed by atoms with Gasteiger partial charge in [-0.15, -0.1) is 10.2 Å². The van der Waals surface area contributed by atoms with E-state index in [-0.39, 0.29) is 5.56 Å². The van der Waals surface area contributed by atoms with Crippen molar-refractivity contribution in [3.05, 3.63) is 64.2 Å². The number of halogens is 3. The minimum absolute atomic E-state index is 0.157. The zero-order valence-corrected chi connectivity index (χ0v) is 18.6. The number of rotatable bonds is 5. The number of alkyl halides is 3. The Morgan fingerprint density at radius 3 is 2.61 bits per heavy atom. The number of fused-ring (bicyclic) bond motifs is 4. The third-order valence-corrected chi connectivity index (χ3v) is 6.48. The van der Waals surface area contributed by atoms with Gasteiger partial charge in [-0.3, -0.25) is 13.8 Å². The van der Waals surface area contributed by atoms with Crippen molar-refractivity contribution >= 4 is 39.5 Å². The van der Waals surface area contributed by atoms with Crippen LogP contribution >= 0.6 is 11.8 Å². The summed E-state index contributed by atoms with van der Waals surface area (Å²) in [6.45, 7) is 2.50. The molecule has 3 heterocycles. The Labute approximate surface area is 189 Å². The molecule has 0 fully saturated rings. The number of hydrogen-bond acceptors (Lipinski definition) is 5. The first-order valence-corrected chi connectivity index (χ1v) is 11.3. The van der Waals surface area contributed by atoms with Gasteiger partial charge in [-0.1, -0.05) is 30.8 Å². The molecular formula is C22H19F3N6OS. The number of benzene rings is 2. The van der Waals surface area contributed by atoms with Gasteiger partial charge in [0.1, 0.15) is 5.82 Å². The van der Waals surface area contributed by atoms with E-state index in [0.29, 0.717) is 51.0 Å². The van der Waals surface area contributed by atoms with Crippen molar-refractivity contribution in [1.29, 1.82) is 0 Å². The first kappa shape index (κ1) is 21.5. The van der Waals surface area contributed by atoms with Gasteiger partial charge in [-0.05, 0) is 36.8 Å². The highest BCUT2D eigenvalue weighted by molar-refractivity contribution is 7.98. The summed E-state index contributed by atoms with van der Waals surface area (Å²) in [5.41, 5.74) is 0.814. The number of nitrogens with zero attached hydrogens (tertiary/aromatic N) is 6. The van der Waals surface area contributed by atoms with Crippen LogP contribution in [0, 0.1) is 0 Å². The van der Waals surface area contributed by atoms with Gasteiger partial charge in [0.2, 0.25) is 5.78 Å². The molecule has 0 aliphatic rings. The lowest BCUT2D eigenvalue weighted by molar-refractivity contribution is -0.137. The molecule has 0 N–H and O–H groups in total. The molecule has 170 valence electrons. The normalized spacial score (nSPS) is 12.4. The fourth-order valence-electron chi connectivity index (χ4n) is 3.94. The molecule has 0 amide bonds. The second-order valence-electron chi connectivity index (χ2n) is 7.67. The lowest BCUT2D eigenvalue weighted by Crippen LogP contribution is -2.20. The van der Waals surface area contributed by atoms with Crippen molar-refractivity contribution in [2.45, 2.75) is 37.0 Å². The maximum Gasteiger partial charge on any atom is 0.416 e. The molecule has 0 atom stereocenters. The molecule has 0 unspecified atom stereocenters. The molecule has 7 nitrogen and oxygen atoms in total. The number of aromatic nitrogens is 6. The number of aryl methyl sites for hydroxylation is 2. The van der Waals surface area contributed by atoms with Crippen LogP contribution in [0.25, 0.3) is 27.7 Å². The maximum atomic E-state index is 13.2. The predicted molar refractivity (Wildman–Crippen MR) is 120 cm³/mol. The SMILES string of the molecule is CCCn1c(SCc2nnc3n(C)c(=O)c4ccccc4n23)nc2ccc(C(F)(F)F)cc21. The number of para-hydroxylation sites is 1. The van der Waals surface area contributed by atoms with Gasteiger partial charge in [0.25, 0.3) is 5.56 Å². The molecule has 0 aliphatic carbocycles. The number of imidazole rings is 1. The van der Waals surface area contributed by atoms with Gasteiger partial charge in [0.15, 0.2) is 5.16 Å². The number of hydrogen-bond donors (Lipinski definition) is 0. The van der Waals surface area contributed by atoms with E-state index in [9.17, 15) is 18.0 Å². The second kappa shape index (κ2) is 7.91. The average Bonchev–Trinajstić information content (AvgIpc) is 3.37. The Balaban J connectivity index is 1.58. The molecule has 33 heavy (non-hydrogen) atoms. The van der Waals surface area contributed by atoms with Gasteiger partial charge in [-0.2, -0.15) is 13.2 Å². The molecule has 0 bridgehead atoms. The van der Waals surface area contributed by atoms with Gasteiger partial charge >= 0.3 is 6.18 Å². The van der Waals surface area contributed by atoms with Crippen LogP contribution in [-0.2, 0) is 25.5 Å². The van der Waals surface area contributed by atoms with Crippen LogP contribution in [0.5, 0.6) is 0 Å². The molecule has 5 aromatic rings. The summed E-state index contributed by atoms with van der Waals surface area (Å²) in [7, 11) is 1.65. The molecule has 5 rings (SSSR count). The highest BCUT2D eigenvalue weighted by atomic mass is 32.2. The van der Waals surface area contributed by atoms with Crippen LogP contribution in [0.4, 0.5) is 13.2 Å². The summed E-state index contributed by atoms with van der Waals surface area (Å²) in [6.07, 6.45) is -3.67. The number of thioether (sulfide) groups is 1. The van der Waals surface area contributed by atoms with Crippen LogP contribution in [0.3, 0.4) is 0 Å². The first-order valence-electron chi connectivity index (χ1n) is 10.3. The summed E-state index contributed by atoms with van der Waals surface area (Å²) in [5, 5.41) is 9.64. The fraction of sp³-hybridized carbons (Fsp3) is 0.273. The molecule has 11 heteroatoms. The van der Waals surface area contributed by atoms with Gasteiger partial charge < -0.3 is 4.57 Å². The average molecular weight is 472 g/mol. The largest absolute Gasteiger partial charge is 0.416 e. The Bertz CT molecular complexity index is 1570. The third-order valence-electron chi connectivity index (χ3n) is 5.51. The predicted octanol–water partition coefficient (Wildman–Crippen LogP) is 4.65. The molecule has 3 aromatic heterocycles. The molecule has 2 aromatic carbocycles. The minimum atomic E-state index is -4.42. The Hall–Kier alpha value is -3.34. The minimum Gasteiger partial charge on any atom is -0.319 e. The van der Waals surface area contributed by atoms with E-state index in [1.807, 2.05) is 28.0 Å². The second-order valence-corrected chi connectivity index (χ2v) is 8.61. The Morgan fingerprint density at radius 1 is 1.06 bits per heavy atom. The van der Waals surface area contributed by atoms with Crippen molar-refractivity contribution < 1.29 is 13.2 Å². The van der Waals surface area contributed by atoms with Crippen molar-refractivity contribution in [2.24, 2.45) is 7.05 Å². The fourth-order valence-corrected chi connectivity index (χ4v) is 4.89.